The maximum Gasteiger partial charge on any atom is 0.141 e. The van der Waals surface area contributed by atoms with Crippen molar-refractivity contribution in [2.45, 2.75) is 0 Å². The summed E-state index contributed by atoms with van der Waals surface area (Å²) in [7, 11) is 0. The van der Waals surface area contributed by atoms with Gasteiger partial charge in [-0.25, -0.2) is 8.78 Å². The first-order chi connectivity index (χ1) is 7.18. The van der Waals surface area contributed by atoms with E-state index in [0.29, 0.717) is 0 Å². The fourth-order valence-electron chi connectivity index (χ4n) is 1.29. The van der Waals surface area contributed by atoms with Gasteiger partial charge in [0, 0.05) is 17.8 Å². The average Bonchev–Trinajstić information content (AvgIpc) is 2.20. The van der Waals surface area contributed by atoms with E-state index in [1.165, 1.54) is 24.4 Å². The molecule has 0 aliphatic rings. The van der Waals surface area contributed by atoms with E-state index in [4.69, 9.17) is 0 Å². The Labute approximate surface area is 84.8 Å². The van der Waals surface area contributed by atoms with Gasteiger partial charge >= 0.3 is 0 Å². The number of pyridine rings is 1. The minimum Gasteiger partial charge on any atom is -0.506 e. The molecule has 0 bridgehead atoms. The van der Waals surface area contributed by atoms with Crippen LogP contribution >= 0.6 is 0 Å². The van der Waals surface area contributed by atoms with Crippen molar-refractivity contribution in [3.8, 4) is 17.0 Å². The lowest BCUT2D eigenvalue weighted by Gasteiger charge is -2.04. The number of aromatic nitrogens is 1. The van der Waals surface area contributed by atoms with Crippen molar-refractivity contribution in [1.82, 2.24) is 4.98 Å². The Hall–Kier alpha value is -1.97. The van der Waals surface area contributed by atoms with E-state index in [1.807, 2.05) is 0 Å². The second-order valence-electron chi connectivity index (χ2n) is 3.00. The Balaban J connectivity index is 2.60. The summed E-state index contributed by atoms with van der Waals surface area (Å²) in [5.41, 5.74) is 0.185. The highest BCUT2D eigenvalue weighted by molar-refractivity contribution is 5.65. The number of aromatic hydroxyl groups is 1. The van der Waals surface area contributed by atoms with Crippen LogP contribution in [0.4, 0.5) is 8.78 Å². The third kappa shape index (κ3) is 1.79. The minimum absolute atomic E-state index is 0.0782. The van der Waals surface area contributed by atoms with Crippen LogP contribution < -0.4 is 0 Å². The minimum atomic E-state index is -0.746. The summed E-state index contributed by atoms with van der Waals surface area (Å²) >= 11 is 0. The van der Waals surface area contributed by atoms with E-state index >= 15 is 0 Å². The highest BCUT2D eigenvalue weighted by Gasteiger charge is 2.10. The quantitative estimate of drug-likeness (QED) is 0.779. The highest BCUT2D eigenvalue weighted by atomic mass is 19.1. The van der Waals surface area contributed by atoms with Gasteiger partial charge in [0.25, 0.3) is 0 Å². The fraction of sp³-hybridized carbons (Fsp3) is 0. The van der Waals surface area contributed by atoms with Crippen LogP contribution in [0.5, 0.6) is 5.75 Å². The predicted molar refractivity (Wildman–Crippen MR) is 51.3 cm³/mol. The van der Waals surface area contributed by atoms with Crippen molar-refractivity contribution in [2.75, 3.05) is 0 Å². The molecule has 0 spiro atoms. The molecule has 1 N–H and O–H groups in total. The second kappa shape index (κ2) is 3.65. The van der Waals surface area contributed by atoms with Crippen molar-refractivity contribution < 1.29 is 13.9 Å². The molecule has 0 aliphatic carbocycles. The summed E-state index contributed by atoms with van der Waals surface area (Å²) in [5.74, 6) is -1.54. The molecule has 76 valence electrons. The zero-order chi connectivity index (χ0) is 10.8. The molecule has 0 aliphatic heterocycles. The summed E-state index contributed by atoms with van der Waals surface area (Å²) in [4.78, 5) is 3.83. The summed E-state index contributed by atoms with van der Waals surface area (Å²) < 4.78 is 26.0. The maximum absolute atomic E-state index is 13.3. The molecular weight excluding hydrogens is 200 g/mol. The Kier molecular flexibility index (Phi) is 2.33. The number of nitrogens with zero attached hydrogens (tertiary/aromatic N) is 1. The smallest absolute Gasteiger partial charge is 0.141 e. The van der Waals surface area contributed by atoms with Crippen LogP contribution in [0.2, 0.25) is 0 Å². The number of benzene rings is 1. The zero-order valence-electron chi connectivity index (χ0n) is 7.61. The zero-order valence-corrected chi connectivity index (χ0v) is 7.61. The number of hydrogen-bond donors (Lipinski definition) is 1. The molecule has 2 rings (SSSR count). The Morgan fingerprint density at radius 3 is 2.60 bits per heavy atom. The molecule has 2 aromatic rings. The van der Waals surface area contributed by atoms with Gasteiger partial charge in [0.15, 0.2) is 0 Å². The van der Waals surface area contributed by atoms with Gasteiger partial charge in [-0.15, -0.1) is 0 Å². The first kappa shape index (κ1) is 9.58. The Bertz CT molecular complexity index is 500. The Morgan fingerprint density at radius 1 is 1.13 bits per heavy atom. The van der Waals surface area contributed by atoms with E-state index in [1.54, 1.807) is 0 Å². The maximum atomic E-state index is 13.3. The Morgan fingerprint density at radius 2 is 1.93 bits per heavy atom. The van der Waals surface area contributed by atoms with Crippen LogP contribution in [0.1, 0.15) is 0 Å². The van der Waals surface area contributed by atoms with Crippen LogP contribution in [0.25, 0.3) is 11.3 Å². The van der Waals surface area contributed by atoms with E-state index < -0.39 is 11.6 Å². The van der Waals surface area contributed by atoms with Crippen LogP contribution in [0.15, 0.2) is 36.5 Å². The van der Waals surface area contributed by atoms with Crippen molar-refractivity contribution in [2.24, 2.45) is 0 Å². The molecule has 4 heteroatoms. The summed E-state index contributed by atoms with van der Waals surface area (Å²) in [6.45, 7) is 0. The van der Waals surface area contributed by atoms with Crippen molar-refractivity contribution in [3.05, 3.63) is 48.2 Å². The number of hydrogen-bond acceptors (Lipinski definition) is 2. The molecule has 2 nitrogen and oxygen atoms in total. The molecule has 15 heavy (non-hydrogen) atoms. The SMILES string of the molecule is Oc1cccnc1-c1ccc(F)cc1F. The molecule has 1 aromatic carbocycles. The van der Waals surface area contributed by atoms with E-state index in [9.17, 15) is 13.9 Å². The monoisotopic (exact) mass is 207 g/mol. The van der Waals surface area contributed by atoms with E-state index in [2.05, 4.69) is 4.98 Å². The van der Waals surface area contributed by atoms with Crippen molar-refractivity contribution in [3.63, 3.8) is 0 Å². The third-order valence-electron chi connectivity index (χ3n) is 1.97. The van der Waals surface area contributed by atoms with Gasteiger partial charge in [-0.1, -0.05) is 0 Å². The molecular formula is C11H7F2NO. The van der Waals surface area contributed by atoms with E-state index in [0.717, 1.165) is 12.1 Å². The molecule has 0 saturated heterocycles. The normalized spacial score (nSPS) is 10.3. The topological polar surface area (TPSA) is 33.1 Å². The molecule has 0 fully saturated rings. The number of rotatable bonds is 1. The van der Waals surface area contributed by atoms with Gasteiger partial charge in [-0.05, 0) is 24.3 Å². The van der Waals surface area contributed by atoms with Gasteiger partial charge < -0.3 is 5.11 Å². The van der Waals surface area contributed by atoms with Gasteiger partial charge in [0.2, 0.25) is 0 Å². The largest absolute Gasteiger partial charge is 0.506 e. The predicted octanol–water partition coefficient (Wildman–Crippen LogP) is 2.73. The molecule has 0 saturated carbocycles. The van der Waals surface area contributed by atoms with Crippen LogP contribution in [-0.4, -0.2) is 10.1 Å². The molecule has 0 atom stereocenters. The molecule has 0 unspecified atom stereocenters. The summed E-state index contributed by atoms with van der Waals surface area (Å²) in [6.07, 6.45) is 1.43. The van der Waals surface area contributed by atoms with E-state index in [-0.39, 0.29) is 17.0 Å². The molecule has 1 heterocycles. The lowest BCUT2D eigenvalue weighted by atomic mass is 10.1. The lowest BCUT2D eigenvalue weighted by Crippen LogP contribution is -1.89. The number of halogens is 2. The first-order valence-corrected chi connectivity index (χ1v) is 4.28. The molecule has 0 amide bonds. The van der Waals surface area contributed by atoms with Gasteiger partial charge in [0.05, 0.1) is 0 Å². The summed E-state index contributed by atoms with van der Waals surface area (Å²) in [6, 6.07) is 6.04. The third-order valence-corrected chi connectivity index (χ3v) is 1.97. The van der Waals surface area contributed by atoms with Crippen molar-refractivity contribution in [1.29, 1.82) is 0 Å². The fourth-order valence-corrected chi connectivity index (χ4v) is 1.29. The first-order valence-electron chi connectivity index (χ1n) is 4.28. The van der Waals surface area contributed by atoms with Crippen molar-refractivity contribution >= 4 is 0 Å². The standard InChI is InChI=1S/C11H7F2NO/c12-7-3-4-8(9(13)6-7)11-10(15)2-1-5-14-11/h1-6,15H. The summed E-state index contributed by atoms with van der Waals surface area (Å²) in [5, 5.41) is 9.43. The average molecular weight is 207 g/mol. The van der Waals surface area contributed by atoms with Crippen LogP contribution in [0, 0.1) is 11.6 Å². The lowest BCUT2D eigenvalue weighted by molar-refractivity contribution is 0.474. The van der Waals surface area contributed by atoms with Crippen LogP contribution in [-0.2, 0) is 0 Å². The van der Waals surface area contributed by atoms with Gasteiger partial charge in [0.1, 0.15) is 23.1 Å². The molecule has 0 radical (unpaired) electrons. The highest BCUT2D eigenvalue weighted by Crippen LogP contribution is 2.28. The molecule has 1 aromatic heterocycles. The van der Waals surface area contributed by atoms with Gasteiger partial charge in [-0.2, -0.15) is 0 Å². The second-order valence-corrected chi connectivity index (χ2v) is 3.00. The van der Waals surface area contributed by atoms with Gasteiger partial charge in [-0.3, -0.25) is 4.98 Å². The van der Waals surface area contributed by atoms with Crippen LogP contribution in [0.3, 0.4) is 0 Å².